The Morgan fingerprint density at radius 2 is 1.81 bits per heavy atom. The fraction of sp³-hybridized carbons (Fsp3) is 0.588. The molecule has 27 heavy (non-hydrogen) atoms. The minimum atomic E-state index is -0.465. The zero-order chi connectivity index (χ0) is 17.8. The van der Waals surface area contributed by atoms with Gasteiger partial charge in [-0.15, -0.1) is 24.8 Å². The topological polar surface area (TPSA) is 102 Å². The summed E-state index contributed by atoms with van der Waals surface area (Å²) in [5.41, 5.74) is 7.08. The van der Waals surface area contributed by atoms with E-state index in [2.05, 4.69) is 4.90 Å². The molecule has 1 atom stereocenters. The maximum atomic E-state index is 12.6. The minimum absolute atomic E-state index is 0. The van der Waals surface area contributed by atoms with Gasteiger partial charge in [-0.25, -0.2) is 0 Å². The molecule has 1 aromatic carbocycles. The molecule has 0 radical (unpaired) electrons. The van der Waals surface area contributed by atoms with Crippen LogP contribution in [0.25, 0.3) is 0 Å². The Morgan fingerprint density at radius 1 is 1.19 bits per heavy atom. The number of ether oxygens (including phenoxy) is 1. The van der Waals surface area contributed by atoms with E-state index in [4.69, 9.17) is 10.5 Å². The molecule has 1 aromatic rings. The summed E-state index contributed by atoms with van der Waals surface area (Å²) in [5, 5.41) is 10.9. The molecule has 3 rings (SSSR count). The molecule has 1 amide bonds. The number of amides is 1. The van der Waals surface area contributed by atoms with Gasteiger partial charge in [0.2, 0.25) is 5.91 Å². The molecule has 2 aliphatic heterocycles. The molecule has 152 valence electrons. The third kappa shape index (κ3) is 5.68. The van der Waals surface area contributed by atoms with Gasteiger partial charge >= 0.3 is 0 Å². The first kappa shape index (κ1) is 23.4. The van der Waals surface area contributed by atoms with E-state index in [1.165, 1.54) is 6.07 Å². The zero-order valence-electron chi connectivity index (χ0n) is 15.0. The van der Waals surface area contributed by atoms with Gasteiger partial charge in [-0.2, -0.15) is 0 Å². The number of carbonyl (C=O) groups excluding carboxylic acids is 1. The van der Waals surface area contributed by atoms with Crippen LogP contribution in [-0.2, 0) is 9.53 Å². The first-order valence-corrected chi connectivity index (χ1v) is 8.68. The minimum Gasteiger partial charge on any atom is -0.381 e. The number of nitro benzene ring substituents is 1. The van der Waals surface area contributed by atoms with Gasteiger partial charge in [-0.05, 0) is 24.8 Å². The largest absolute Gasteiger partial charge is 0.381 e. The van der Waals surface area contributed by atoms with Crippen LogP contribution >= 0.6 is 24.8 Å². The van der Waals surface area contributed by atoms with E-state index in [9.17, 15) is 14.9 Å². The number of benzene rings is 1. The predicted octanol–water partition coefficient (Wildman–Crippen LogP) is 1.84. The Labute approximate surface area is 171 Å². The molecule has 2 heterocycles. The van der Waals surface area contributed by atoms with Crippen molar-refractivity contribution in [3.05, 3.63) is 34.4 Å². The number of hydrogen-bond donors (Lipinski definition) is 1. The van der Waals surface area contributed by atoms with Crippen LogP contribution in [0.15, 0.2) is 24.3 Å². The normalized spacial score (nSPS) is 18.9. The average molecular weight is 421 g/mol. The van der Waals surface area contributed by atoms with E-state index in [1.807, 2.05) is 11.0 Å². The molecule has 0 saturated carbocycles. The highest BCUT2D eigenvalue weighted by Crippen LogP contribution is 2.23. The monoisotopic (exact) mass is 420 g/mol. The highest BCUT2D eigenvalue weighted by atomic mass is 35.5. The van der Waals surface area contributed by atoms with Crippen molar-refractivity contribution in [3.8, 4) is 0 Å². The van der Waals surface area contributed by atoms with E-state index in [0.29, 0.717) is 39.4 Å². The SMILES string of the molecule is Cl.Cl.NC(C(=O)N1CCN(c2cccc([N+](=O)[O-])c2)CC1)C1CCOCC1. The highest BCUT2D eigenvalue weighted by Gasteiger charge is 2.31. The van der Waals surface area contributed by atoms with Crippen molar-refractivity contribution in [2.75, 3.05) is 44.3 Å². The quantitative estimate of drug-likeness (QED) is 0.588. The molecule has 0 bridgehead atoms. The van der Waals surface area contributed by atoms with Gasteiger partial charge in [0.05, 0.1) is 11.0 Å². The van der Waals surface area contributed by atoms with Crippen LogP contribution in [0.4, 0.5) is 11.4 Å². The molecule has 0 aliphatic carbocycles. The fourth-order valence-electron chi connectivity index (χ4n) is 3.48. The summed E-state index contributed by atoms with van der Waals surface area (Å²) in [5.74, 6) is 0.196. The first-order chi connectivity index (χ1) is 12.1. The van der Waals surface area contributed by atoms with Gasteiger partial charge in [0.15, 0.2) is 0 Å². The number of halogens is 2. The summed E-state index contributed by atoms with van der Waals surface area (Å²) >= 11 is 0. The van der Waals surface area contributed by atoms with Crippen molar-refractivity contribution >= 4 is 42.1 Å². The summed E-state index contributed by atoms with van der Waals surface area (Å²) in [6.07, 6.45) is 1.67. The third-order valence-corrected chi connectivity index (χ3v) is 5.06. The molecule has 1 unspecified atom stereocenters. The number of nitro groups is 1. The highest BCUT2D eigenvalue weighted by molar-refractivity contribution is 5.85. The van der Waals surface area contributed by atoms with E-state index < -0.39 is 11.0 Å². The van der Waals surface area contributed by atoms with Crippen LogP contribution in [0.1, 0.15) is 12.8 Å². The molecule has 2 N–H and O–H groups in total. The number of anilines is 1. The van der Waals surface area contributed by atoms with Gasteiger partial charge in [0.25, 0.3) is 5.69 Å². The summed E-state index contributed by atoms with van der Waals surface area (Å²) in [6, 6.07) is 6.14. The lowest BCUT2D eigenvalue weighted by Gasteiger charge is -2.38. The van der Waals surface area contributed by atoms with Crippen LogP contribution < -0.4 is 10.6 Å². The Kier molecular flexibility index (Phi) is 9.25. The lowest BCUT2D eigenvalue weighted by atomic mass is 9.91. The number of hydrogen-bond acceptors (Lipinski definition) is 6. The second-order valence-corrected chi connectivity index (χ2v) is 6.56. The second-order valence-electron chi connectivity index (χ2n) is 6.56. The lowest BCUT2D eigenvalue weighted by Crippen LogP contribution is -2.55. The van der Waals surface area contributed by atoms with E-state index in [0.717, 1.165) is 18.5 Å². The smallest absolute Gasteiger partial charge is 0.271 e. The van der Waals surface area contributed by atoms with Crippen molar-refractivity contribution in [1.29, 1.82) is 0 Å². The Balaban J connectivity index is 0.00000182. The van der Waals surface area contributed by atoms with Crippen molar-refractivity contribution < 1.29 is 14.5 Å². The summed E-state index contributed by atoms with van der Waals surface area (Å²) in [7, 11) is 0. The van der Waals surface area contributed by atoms with Gasteiger partial charge in [-0.1, -0.05) is 6.07 Å². The molecule has 2 aliphatic rings. The van der Waals surface area contributed by atoms with Gasteiger partial charge in [0, 0.05) is 57.2 Å². The molecule has 8 nitrogen and oxygen atoms in total. The maximum absolute atomic E-state index is 12.6. The number of carbonyl (C=O) groups is 1. The molecule has 0 aromatic heterocycles. The molecular weight excluding hydrogens is 395 g/mol. The molecule has 2 fully saturated rings. The van der Waals surface area contributed by atoms with Crippen LogP contribution in [0.2, 0.25) is 0 Å². The fourth-order valence-corrected chi connectivity index (χ4v) is 3.48. The van der Waals surface area contributed by atoms with Crippen molar-refractivity contribution in [2.24, 2.45) is 11.7 Å². The zero-order valence-corrected chi connectivity index (χ0v) is 16.6. The maximum Gasteiger partial charge on any atom is 0.271 e. The van der Waals surface area contributed by atoms with Crippen molar-refractivity contribution in [2.45, 2.75) is 18.9 Å². The van der Waals surface area contributed by atoms with Gasteiger partial charge in [0.1, 0.15) is 0 Å². The molecule has 2 saturated heterocycles. The predicted molar refractivity (Wildman–Crippen MR) is 108 cm³/mol. The number of nitrogens with zero attached hydrogens (tertiary/aromatic N) is 3. The number of piperazine rings is 1. The summed E-state index contributed by atoms with van der Waals surface area (Å²) in [6.45, 7) is 3.80. The van der Waals surface area contributed by atoms with E-state index >= 15 is 0 Å². The average Bonchev–Trinajstić information content (AvgIpc) is 2.67. The van der Waals surface area contributed by atoms with Gasteiger partial charge in [-0.3, -0.25) is 14.9 Å². The Morgan fingerprint density at radius 3 is 2.41 bits per heavy atom. The summed E-state index contributed by atoms with van der Waals surface area (Å²) in [4.78, 5) is 27.0. The summed E-state index contributed by atoms with van der Waals surface area (Å²) < 4.78 is 5.33. The third-order valence-electron chi connectivity index (χ3n) is 5.06. The van der Waals surface area contributed by atoms with Crippen molar-refractivity contribution in [1.82, 2.24) is 4.90 Å². The standard InChI is InChI=1S/C17H24N4O4.2ClH/c18-16(13-4-10-25-11-5-13)17(22)20-8-6-19(7-9-20)14-2-1-3-15(12-14)21(23)24;;/h1-3,12-13,16H,4-11,18H2;2*1H. The van der Waals surface area contributed by atoms with Crippen LogP contribution in [0.5, 0.6) is 0 Å². The molecule has 0 spiro atoms. The van der Waals surface area contributed by atoms with Crippen molar-refractivity contribution in [3.63, 3.8) is 0 Å². The number of non-ortho nitro benzene ring substituents is 1. The Hall–Kier alpha value is -1.61. The second kappa shape index (κ2) is 10.7. The first-order valence-electron chi connectivity index (χ1n) is 8.68. The van der Waals surface area contributed by atoms with E-state index in [-0.39, 0.29) is 42.3 Å². The van der Waals surface area contributed by atoms with Crippen LogP contribution in [0.3, 0.4) is 0 Å². The lowest BCUT2D eigenvalue weighted by molar-refractivity contribution is -0.384. The number of rotatable bonds is 4. The number of nitrogens with two attached hydrogens (primary N) is 1. The van der Waals surface area contributed by atoms with Gasteiger partial charge < -0.3 is 20.3 Å². The van der Waals surface area contributed by atoms with E-state index in [1.54, 1.807) is 12.1 Å². The van der Waals surface area contributed by atoms with Crippen LogP contribution in [0, 0.1) is 16.0 Å². The molecule has 10 heteroatoms. The van der Waals surface area contributed by atoms with Crippen LogP contribution in [-0.4, -0.2) is 61.2 Å². The Bertz CT molecular complexity index is 635. The molecular formula is C17H26Cl2N4O4.